The van der Waals surface area contributed by atoms with Crippen molar-refractivity contribution in [3.63, 3.8) is 0 Å². The average molecular weight is 242 g/mol. The molecule has 0 aliphatic rings. The van der Waals surface area contributed by atoms with Gasteiger partial charge in [0.05, 0.1) is 5.56 Å². The predicted molar refractivity (Wildman–Crippen MR) is 60.0 cm³/mol. The molecule has 0 spiro atoms. The standard InChI is InChI=1S/C10H12ClN3O2/c1-10(2,9(12)16)14-8(15)6-4-3-5-13-7(6)11/h3-5H,1-2H3,(H2,12,16)(H,14,15). The third kappa shape index (κ3) is 2.70. The number of carbonyl (C=O) groups excluding carboxylic acids is 2. The molecule has 0 unspecified atom stereocenters. The fraction of sp³-hybridized carbons (Fsp3) is 0.300. The van der Waals surface area contributed by atoms with Crippen molar-refractivity contribution in [1.82, 2.24) is 10.3 Å². The summed E-state index contributed by atoms with van der Waals surface area (Å²) in [5.74, 6) is -1.11. The largest absolute Gasteiger partial charge is 0.368 e. The van der Waals surface area contributed by atoms with Crippen molar-refractivity contribution >= 4 is 23.4 Å². The van der Waals surface area contributed by atoms with Crippen LogP contribution in [0.5, 0.6) is 0 Å². The molecular weight excluding hydrogens is 230 g/mol. The number of nitrogens with one attached hydrogen (secondary N) is 1. The van der Waals surface area contributed by atoms with E-state index in [1.807, 2.05) is 0 Å². The lowest BCUT2D eigenvalue weighted by atomic mass is 10.0. The Morgan fingerprint density at radius 2 is 2.12 bits per heavy atom. The van der Waals surface area contributed by atoms with Gasteiger partial charge in [-0.25, -0.2) is 4.98 Å². The van der Waals surface area contributed by atoms with Crippen molar-refractivity contribution < 1.29 is 9.59 Å². The molecule has 3 N–H and O–H groups in total. The van der Waals surface area contributed by atoms with Crippen LogP contribution in [0.2, 0.25) is 5.15 Å². The van der Waals surface area contributed by atoms with Crippen LogP contribution in [-0.4, -0.2) is 22.3 Å². The summed E-state index contributed by atoms with van der Waals surface area (Å²) in [6.07, 6.45) is 1.47. The van der Waals surface area contributed by atoms with E-state index in [2.05, 4.69) is 10.3 Å². The molecule has 16 heavy (non-hydrogen) atoms. The van der Waals surface area contributed by atoms with Gasteiger partial charge in [0.25, 0.3) is 5.91 Å². The maximum Gasteiger partial charge on any atom is 0.255 e. The molecule has 0 fully saturated rings. The number of nitrogens with zero attached hydrogens (tertiary/aromatic N) is 1. The first-order chi connectivity index (χ1) is 7.34. The van der Waals surface area contributed by atoms with E-state index in [9.17, 15) is 9.59 Å². The van der Waals surface area contributed by atoms with Gasteiger partial charge < -0.3 is 11.1 Å². The van der Waals surface area contributed by atoms with Gasteiger partial charge in [-0.05, 0) is 26.0 Å². The zero-order valence-corrected chi connectivity index (χ0v) is 9.71. The molecule has 1 heterocycles. The molecule has 1 aromatic rings. The fourth-order valence-electron chi connectivity index (χ4n) is 0.968. The van der Waals surface area contributed by atoms with E-state index < -0.39 is 17.4 Å². The lowest BCUT2D eigenvalue weighted by molar-refractivity contribution is -0.122. The monoisotopic (exact) mass is 241 g/mol. The van der Waals surface area contributed by atoms with Crippen molar-refractivity contribution in [3.8, 4) is 0 Å². The van der Waals surface area contributed by atoms with Gasteiger partial charge in [-0.15, -0.1) is 0 Å². The van der Waals surface area contributed by atoms with Crippen LogP contribution in [0.25, 0.3) is 0 Å². The van der Waals surface area contributed by atoms with E-state index in [0.717, 1.165) is 0 Å². The van der Waals surface area contributed by atoms with Crippen LogP contribution in [0.15, 0.2) is 18.3 Å². The highest BCUT2D eigenvalue weighted by Gasteiger charge is 2.28. The Labute approximate surface area is 98.0 Å². The molecule has 0 radical (unpaired) electrons. The van der Waals surface area contributed by atoms with E-state index in [1.54, 1.807) is 6.07 Å². The fourth-order valence-corrected chi connectivity index (χ4v) is 1.17. The molecule has 0 saturated heterocycles. The SMILES string of the molecule is CC(C)(NC(=O)c1cccnc1Cl)C(N)=O. The lowest BCUT2D eigenvalue weighted by Gasteiger charge is -2.22. The molecule has 0 atom stereocenters. The average Bonchev–Trinajstić information content (AvgIpc) is 2.17. The Balaban J connectivity index is 2.89. The molecule has 5 nitrogen and oxygen atoms in total. The molecule has 1 rings (SSSR count). The van der Waals surface area contributed by atoms with Crippen molar-refractivity contribution in [2.75, 3.05) is 0 Å². The maximum atomic E-state index is 11.7. The Bertz CT molecular complexity index is 432. The summed E-state index contributed by atoms with van der Waals surface area (Å²) in [4.78, 5) is 26.5. The van der Waals surface area contributed by atoms with E-state index in [-0.39, 0.29) is 10.7 Å². The second-order valence-corrected chi connectivity index (χ2v) is 4.14. The number of primary amides is 1. The quantitative estimate of drug-likeness (QED) is 0.765. The van der Waals surface area contributed by atoms with E-state index in [4.69, 9.17) is 17.3 Å². The Kier molecular flexibility index (Phi) is 3.49. The highest BCUT2D eigenvalue weighted by atomic mass is 35.5. The van der Waals surface area contributed by atoms with E-state index in [1.165, 1.54) is 26.1 Å². The van der Waals surface area contributed by atoms with Gasteiger partial charge in [0.15, 0.2) is 0 Å². The first-order valence-corrected chi connectivity index (χ1v) is 4.95. The number of pyridine rings is 1. The zero-order chi connectivity index (χ0) is 12.3. The van der Waals surface area contributed by atoms with Crippen molar-refractivity contribution in [2.24, 2.45) is 5.73 Å². The van der Waals surface area contributed by atoms with Gasteiger partial charge >= 0.3 is 0 Å². The van der Waals surface area contributed by atoms with Crippen LogP contribution in [0, 0.1) is 0 Å². The molecule has 2 amide bonds. The van der Waals surface area contributed by atoms with Crippen molar-refractivity contribution in [1.29, 1.82) is 0 Å². The second kappa shape index (κ2) is 4.49. The summed E-state index contributed by atoms with van der Waals surface area (Å²) in [5, 5.41) is 2.56. The smallest absolute Gasteiger partial charge is 0.255 e. The van der Waals surface area contributed by atoms with Gasteiger partial charge in [-0.3, -0.25) is 9.59 Å². The summed E-state index contributed by atoms with van der Waals surface area (Å²) in [6.45, 7) is 3.02. The van der Waals surface area contributed by atoms with Crippen LogP contribution < -0.4 is 11.1 Å². The first-order valence-electron chi connectivity index (χ1n) is 4.57. The van der Waals surface area contributed by atoms with E-state index in [0.29, 0.717) is 0 Å². The molecule has 0 aliphatic carbocycles. The van der Waals surface area contributed by atoms with Crippen LogP contribution in [-0.2, 0) is 4.79 Å². The van der Waals surface area contributed by atoms with Crippen molar-refractivity contribution in [3.05, 3.63) is 29.0 Å². The summed E-state index contributed by atoms with van der Waals surface area (Å²) in [5.41, 5.74) is 4.21. The van der Waals surface area contributed by atoms with Crippen LogP contribution in [0.3, 0.4) is 0 Å². The summed E-state index contributed by atoms with van der Waals surface area (Å²) in [6, 6.07) is 3.10. The van der Waals surface area contributed by atoms with Gasteiger partial charge in [-0.2, -0.15) is 0 Å². The molecule has 1 aromatic heterocycles. The van der Waals surface area contributed by atoms with Crippen LogP contribution >= 0.6 is 11.6 Å². The zero-order valence-electron chi connectivity index (χ0n) is 8.95. The summed E-state index contributed by atoms with van der Waals surface area (Å²) in [7, 11) is 0. The molecule has 0 bridgehead atoms. The summed E-state index contributed by atoms with van der Waals surface area (Å²) >= 11 is 5.74. The van der Waals surface area contributed by atoms with Crippen molar-refractivity contribution in [2.45, 2.75) is 19.4 Å². The second-order valence-electron chi connectivity index (χ2n) is 3.79. The van der Waals surface area contributed by atoms with Gasteiger partial charge in [0, 0.05) is 6.20 Å². The Morgan fingerprint density at radius 3 is 2.62 bits per heavy atom. The number of carbonyl (C=O) groups is 2. The number of rotatable bonds is 3. The molecule has 6 heteroatoms. The van der Waals surface area contributed by atoms with Gasteiger partial charge in [0.1, 0.15) is 10.7 Å². The number of nitrogens with two attached hydrogens (primary N) is 1. The van der Waals surface area contributed by atoms with Gasteiger partial charge in [-0.1, -0.05) is 11.6 Å². The Hall–Kier alpha value is -1.62. The number of halogens is 1. The van der Waals surface area contributed by atoms with E-state index >= 15 is 0 Å². The number of hydrogen-bond acceptors (Lipinski definition) is 3. The molecule has 86 valence electrons. The maximum absolute atomic E-state index is 11.7. The highest BCUT2D eigenvalue weighted by Crippen LogP contribution is 2.12. The molecular formula is C10H12ClN3O2. The highest BCUT2D eigenvalue weighted by molar-refractivity contribution is 6.32. The number of aromatic nitrogens is 1. The first kappa shape index (κ1) is 12.4. The molecule has 0 aliphatic heterocycles. The Morgan fingerprint density at radius 1 is 1.50 bits per heavy atom. The van der Waals surface area contributed by atoms with Crippen LogP contribution in [0.4, 0.5) is 0 Å². The van der Waals surface area contributed by atoms with Crippen LogP contribution in [0.1, 0.15) is 24.2 Å². The lowest BCUT2D eigenvalue weighted by Crippen LogP contribution is -2.53. The number of amides is 2. The third-order valence-corrected chi connectivity index (χ3v) is 2.35. The summed E-state index contributed by atoms with van der Waals surface area (Å²) < 4.78 is 0. The van der Waals surface area contributed by atoms with Gasteiger partial charge in [0.2, 0.25) is 5.91 Å². The molecule has 0 saturated carbocycles. The minimum Gasteiger partial charge on any atom is -0.368 e. The molecule has 0 aromatic carbocycles. The topological polar surface area (TPSA) is 85.1 Å². The predicted octanol–water partition coefficient (Wildman–Crippen LogP) is 0.729. The minimum atomic E-state index is -1.13. The normalized spacial score (nSPS) is 10.9. The third-order valence-electron chi connectivity index (χ3n) is 2.05. The minimum absolute atomic E-state index is 0.0836. The number of hydrogen-bond donors (Lipinski definition) is 2.